The van der Waals surface area contributed by atoms with Crippen molar-refractivity contribution in [2.75, 3.05) is 7.11 Å². The molecule has 0 saturated carbocycles. The SMILES string of the molecule is COc1ccc(S(F)(F)(F)(F)F)cc1CC(=O)O. The lowest BCUT2D eigenvalue weighted by atomic mass is 10.1. The van der Waals surface area contributed by atoms with Crippen LogP contribution >= 0.6 is 10.2 Å². The molecule has 9 heteroatoms. The van der Waals surface area contributed by atoms with E-state index in [1.54, 1.807) is 0 Å². The molecule has 0 atom stereocenters. The monoisotopic (exact) mass is 292 g/mol. The summed E-state index contributed by atoms with van der Waals surface area (Å²) >= 11 is 0. The molecule has 0 bridgehead atoms. The minimum absolute atomic E-state index is 0.106. The van der Waals surface area contributed by atoms with E-state index >= 15 is 0 Å². The summed E-state index contributed by atoms with van der Waals surface area (Å²) in [5.41, 5.74) is -0.462. The number of hydrogen-bond acceptors (Lipinski definition) is 2. The zero-order valence-electron chi connectivity index (χ0n) is 9.00. The normalized spacial score (nSPS) is 15.7. The van der Waals surface area contributed by atoms with Gasteiger partial charge in [0, 0.05) is 5.56 Å². The van der Waals surface area contributed by atoms with Crippen LogP contribution in [0.3, 0.4) is 0 Å². The van der Waals surface area contributed by atoms with Crippen LogP contribution in [0.25, 0.3) is 0 Å². The van der Waals surface area contributed by atoms with Gasteiger partial charge in [-0.3, -0.25) is 4.79 Å². The van der Waals surface area contributed by atoms with Crippen molar-refractivity contribution in [3.05, 3.63) is 23.8 Å². The molecule has 0 saturated heterocycles. The summed E-state index contributed by atoms with van der Waals surface area (Å²) < 4.78 is 67.2. The number of carbonyl (C=O) groups is 1. The van der Waals surface area contributed by atoms with Crippen molar-refractivity contribution in [1.82, 2.24) is 0 Å². The zero-order valence-corrected chi connectivity index (χ0v) is 9.82. The van der Waals surface area contributed by atoms with E-state index in [0.717, 1.165) is 7.11 Å². The standard InChI is InChI=1S/C9H9F5O3S/c1-17-8-3-2-7(18(10,11,12,13)14)4-6(8)5-9(15)16/h2-4H,5H2,1H3,(H,15,16). The number of rotatable bonds is 4. The van der Waals surface area contributed by atoms with E-state index in [4.69, 9.17) is 5.11 Å². The van der Waals surface area contributed by atoms with Gasteiger partial charge in [0.1, 0.15) is 10.6 Å². The first-order chi connectivity index (χ1) is 7.83. The van der Waals surface area contributed by atoms with Gasteiger partial charge in [0.2, 0.25) is 0 Å². The van der Waals surface area contributed by atoms with Crippen molar-refractivity contribution < 1.29 is 34.1 Å². The molecule has 0 fully saturated rings. The number of hydrogen-bond donors (Lipinski definition) is 1. The maximum atomic E-state index is 12.5. The van der Waals surface area contributed by atoms with Gasteiger partial charge in [0.15, 0.2) is 0 Å². The van der Waals surface area contributed by atoms with Crippen molar-refractivity contribution in [3.8, 4) is 5.75 Å². The maximum Gasteiger partial charge on any atom is 0.310 e. The third-order valence-electron chi connectivity index (χ3n) is 2.04. The summed E-state index contributed by atoms with van der Waals surface area (Å²) in [4.78, 5) is 8.31. The number of halogens is 5. The molecule has 0 aliphatic carbocycles. The fourth-order valence-corrected chi connectivity index (χ4v) is 1.99. The first kappa shape index (κ1) is 14.6. The lowest BCUT2D eigenvalue weighted by Gasteiger charge is -2.40. The van der Waals surface area contributed by atoms with Crippen molar-refractivity contribution >= 4 is 16.2 Å². The van der Waals surface area contributed by atoms with Crippen LogP contribution in [0.5, 0.6) is 5.75 Å². The summed E-state index contributed by atoms with van der Waals surface area (Å²) in [5.74, 6) is -1.64. The summed E-state index contributed by atoms with van der Waals surface area (Å²) in [6, 6.07) is 0.950. The largest absolute Gasteiger partial charge is 0.496 e. The molecule has 0 radical (unpaired) electrons. The molecule has 0 unspecified atom stereocenters. The molecule has 0 aromatic heterocycles. The molecule has 0 amide bonds. The van der Waals surface area contributed by atoms with Crippen molar-refractivity contribution in [1.29, 1.82) is 0 Å². The van der Waals surface area contributed by atoms with Crippen LogP contribution in [0.15, 0.2) is 23.1 Å². The van der Waals surface area contributed by atoms with E-state index in [-0.39, 0.29) is 17.9 Å². The molecular weight excluding hydrogens is 283 g/mol. The molecule has 1 aromatic rings. The first-order valence-corrected chi connectivity index (χ1v) is 6.41. The van der Waals surface area contributed by atoms with Crippen molar-refractivity contribution in [2.24, 2.45) is 0 Å². The number of ether oxygens (including phenoxy) is 1. The topological polar surface area (TPSA) is 46.5 Å². The Morgan fingerprint density at radius 1 is 1.28 bits per heavy atom. The Morgan fingerprint density at radius 2 is 1.83 bits per heavy atom. The average Bonchev–Trinajstić information content (AvgIpc) is 2.13. The molecule has 0 spiro atoms. The van der Waals surface area contributed by atoms with Gasteiger partial charge in [0.25, 0.3) is 0 Å². The number of benzene rings is 1. The molecule has 0 heterocycles. The van der Waals surface area contributed by atoms with Gasteiger partial charge < -0.3 is 9.84 Å². The van der Waals surface area contributed by atoms with Crippen LogP contribution in [-0.2, 0) is 11.2 Å². The van der Waals surface area contributed by atoms with E-state index in [9.17, 15) is 24.2 Å². The van der Waals surface area contributed by atoms with E-state index in [0.29, 0.717) is 6.07 Å². The van der Waals surface area contributed by atoms with E-state index in [2.05, 4.69) is 4.74 Å². The maximum absolute atomic E-state index is 12.5. The van der Waals surface area contributed by atoms with Gasteiger partial charge in [0.05, 0.1) is 13.5 Å². The quantitative estimate of drug-likeness (QED) is 0.854. The third-order valence-corrected chi connectivity index (χ3v) is 3.18. The second-order valence-electron chi connectivity index (χ2n) is 3.51. The summed E-state index contributed by atoms with van der Waals surface area (Å²) in [6.45, 7) is 0. The fraction of sp³-hybridized carbons (Fsp3) is 0.222. The van der Waals surface area contributed by atoms with Crippen LogP contribution in [0, 0.1) is 0 Å². The Bertz CT molecular complexity index is 496. The van der Waals surface area contributed by atoms with Crippen LogP contribution in [0.2, 0.25) is 0 Å². The number of carboxylic acid groups (broad SMARTS) is 1. The average molecular weight is 292 g/mol. The minimum atomic E-state index is -9.81. The van der Waals surface area contributed by atoms with E-state index in [1.165, 1.54) is 0 Å². The number of aliphatic carboxylic acids is 1. The second kappa shape index (κ2) is 3.50. The molecule has 1 rings (SSSR count). The van der Waals surface area contributed by atoms with E-state index in [1.807, 2.05) is 0 Å². The minimum Gasteiger partial charge on any atom is -0.496 e. The predicted octanol–water partition coefficient (Wildman–Crippen LogP) is 3.98. The van der Waals surface area contributed by atoms with Gasteiger partial charge in [-0.25, -0.2) is 0 Å². The van der Waals surface area contributed by atoms with Crippen LogP contribution in [0.4, 0.5) is 19.4 Å². The first-order valence-electron chi connectivity index (χ1n) is 4.46. The molecular formula is C9H9F5O3S. The lowest BCUT2D eigenvalue weighted by molar-refractivity contribution is -0.136. The van der Waals surface area contributed by atoms with Crippen LogP contribution in [0.1, 0.15) is 5.56 Å². The molecule has 1 aromatic carbocycles. The molecule has 18 heavy (non-hydrogen) atoms. The summed E-state index contributed by atoms with van der Waals surface area (Å²) in [6.07, 6.45) is -0.842. The highest BCUT2D eigenvalue weighted by Gasteiger charge is 2.65. The Labute approximate surface area is 98.9 Å². The predicted molar refractivity (Wildman–Crippen MR) is 55.7 cm³/mol. The Kier molecular flexibility index (Phi) is 2.83. The van der Waals surface area contributed by atoms with Crippen LogP contribution < -0.4 is 4.74 Å². The van der Waals surface area contributed by atoms with Crippen molar-refractivity contribution in [3.63, 3.8) is 0 Å². The highest BCUT2D eigenvalue weighted by Crippen LogP contribution is 3.02. The second-order valence-corrected chi connectivity index (χ2v) is 5.92. The Morgan fingerprint density at radius 3 is 2.22 bits per heavy atom. The fourth-order valence-electron chi connectivity index (χ4n) is 1.30. The Hall–Kier alpha value is -1.51. The van der Waals surface area contributed by atoms with Crippen LogP contribution in [-0.4, -0.2) is 18.2 Å². The summed E-state index contributed by atoms with van der Waals surface area (Å²) in [7, 11) is -8.71. The third kappa shape index (κ3) is 3.49. The summed E-state index contributed by atoms with van der Waals surface area (Å²) in [5, 5.41) is 8.49. The highest BCUT2D eigenvalue weighted by atomic mass is 32.5. The molecule has 0 aliphatic heterocycles. The van der Waals surface area contributed by atoms with Crippen molar-refractivity contribution in [2.45, 2.75) is 11.3 Å². The van der Waals surface area contributed by atoms with Gasteiger partial charge in [-0.15, -0.1) is 0 Å². The zero-order chi connectivity index (χ0) is 14.3. The molecule has 0 aliphatic rings. The van der Waals surface area contributed by atoms with Gasteiger partial charge >= 0.3 is 16.2 Å². The van der Waals surface area contributed by atoms with E-state index < -0.39 is 33.1 Å². The molecule has 3 nitrogen and oxygen atoms in total. The van der Waals surface area contributed by atoms with Gasteiger partial charge in [-0.1, -0.05) is 19.4 Å². The highest BCUT2D eigenvalue weighted by molar-refractivity contribution is 8.45. The number of carboxylic acids is 1. The lowest BCUT2D eigenvalue weighted by Crippen LogP contribution is -2.09. The Balaban J connectivity index is 3.41. The molecule has 104 valence electrons. The number of methoxy groups -OCH3 is 1. The van der Waals surface area contributed by atoms with Gasteiger partial charge in [-0.2, -0.15) is 0 Å². The smallest absolute Gasteiger partial charge is 0.310 e. The van der Waals surface area contributed by atoms with Gasteiger partial charge in [-0.05, 0) is 18.2 Å². The molecule has 1 N–H and O–H groups in total.